The molecule has 5 nitrogen and oxygen atoms in total. The van der Waals surface area contributed by atoms with Crippen LogP contribution >= 0.6 is 0 Å². The first-order valence-corrected chi connectivity index (χ1v) is 6.71. The van der Waals surface area contributed by atoms with Gasteiger partial charge in [-0.2, -0.15) is 0 Å². The summed E-state index contributed by atoms with van der Waals surface area (Å²) in [5, 5.41) is 10.8. The second kappa shape index (κ2) is 7.61. The number of halogens is 1. The second-order valence-corrected chi connectivity index (χ2v) is 5.04. The molecule has 1 aromatic rings. The van der Waals surface area contributed by atoms with Crippen molar-refractivity contribution < 1.29 is 23.8 Å². The van der Waals surface area contributed by atoms with Gasteiger partial charge in [-0.05, 0) is 30.5 Å². The number of benzene rings is 1. The van der Waals surface area contributed by atoms with E-state index in [9.17, 15) is 14.0 Å². The predicted molar refractivity (Wildman–Crippen MR) is 76.2 cm³/mol. The lowest BCUT2D eigenvalue weighted by molar-refractivity contribution is -0.143. The van der Waals surface area contributed by atoms with Gasteiger partial charge < -0.3 is 15.2 Å². The van der Waals surface area contributed by atoms with Crippen LogP contribution in [0.15, 0.2) is 24.3 Å². The summed E-state index contributed by atoms with van der Waals surface area (Å²) in [4.78, 5) is 22.4. The highest BCUT2D eigenvalue weighted by Crippen LogP contribution is 2.21. The van der Waals surface area contributed by atoms with Gasteiger partial charge in [-0.15, -0.1) is 0 Å². The molecular weight excluding hydrogens is 277 g/mol. The molecule has 2 unspecified atom stereocenters. The van der Waals surface area contributed by atoms with Gasteiger partial charge in [0.25, 0.3) is 5.91 Å². The van der Waals surface area contributed by atoms with Crippen LogP contribution in [0.25, 0.3) is 0 Å². The molecular formula is C15H20FNO4. The number of carbonyl (C=O) groups is 2. The molecule has 0 aliphatic carbocycles. The molecule has 1 rings (SSSR count). The highest BCUT2D eigenvalue weighted by atomic mass is 19.1. The smallest absolute Gasteiger partial charge is 0.328 e. The van der Waals surface area contributed by atoms with Crippen molar-refractivity contribution in [2.75, 3.05) is 6.67 Å². The number of carbonyl (C=O) groups excluding carboxylic acids is 1. The normalized spacial score (nSPS) is 13.6. The van der Waals surface area contributed by atoms with Crippen molar-refractivity contribution in [2.45, 2.75) is 38.8 Å². The molecule has 1 aromatic carbocycles. The Kier molecular flexibility index (Phi) is 6.14. The monoisotopic (exact) mass is 297 g/mol. The van der Waals surface area contributed by atoms with E-state index < -0.39 is 30.7 Å². The van der Waals surface area contributed by atoms with Gasteiger partial charge in [0.05, 0.1) is 0 Å². The molecule has 2 atom stereocenters. The van der Waals surface area contributed by atoms with Crippen molar-refractivity contribution in [3.8, 4) is 5.75 Å². The summed E-state index contributed by atoms with van der Waals surface area (Å²) in [5.41, 5.74) is 1.06. The molecule has 0 radical (unpaired) electrons. The van der Waals surface area contributed by atoms with Crippen LogP contribution < -0.4 is 10.1 Å². The highest BCUT2D eigenvalue weighted by Gasteiger charge is 2.23. The zero-order chi connectivity index (χ0) is 16.0. The molecule has 2 N–H and O–H groups in total. The summed E-state index contributed by atoms with van der Waals surface area (Å²) in [6, 6.07) is 5.74. The van der Waals surface area contributed by atoms with Crippen LogP contribution in [0.5, 0.6) is 5.75 Å². The molecule has 0 spiro atoms. The predicted octanol–water partition coefficient (Wildman–Crippen LogP) is 2.12. The Morgan fingerprint density at radius 2 is 2.00 bits per heavy atom. The number of ether oxygens (including phenoxy) is 1. The minimum absolute atomic E-state index is 0.320. The average Bonchev–Trinajstić information content (AvgIpc) is 2.44. The molecule has 0 fully saturated rings. The molecule has 1 amide bonds. The molecule has 0 bridgehead atoms. The number of hydrogen-bond donors (Lipinski definition) is 2. The van der Waals surface area contributed by atoms with Crippen LogP contribution in [0.4, 0.5) is 4.39 Å². The molecule has 116 valence electrons. The van der Waals surface area contributed by atoms with Crippen molar-refractivity contribution in [3.05, 3.63) is 29.8 Å². The molecule has 0 saturated carbocycles. The number of carboxylic acids is 1. The number of aliphatic carboxylic acids is 1. The molecule has 0 aliphatic heterocycles. The highest BCUT2D eigenvalue weighted by molar-refractivity contribution is 5.86. The van der Waals surface area contributed by atoms with E-state index in [0.717, 1.165) is 5.56 Å². The lowest BCUT2D eigenvalue weighted by atomic mass is 10.0. The first-order valence-electron chi connectivity index (χ1n) is 6.71. The van der Waals surface area contributed by atoms with Crippen LogP contribution in [-0.4, -0.2) is 35.8 Å². The first-order chi connectivity index (χ1) is 9.85. The van der Waals surface area contributed by atoms with Gasteiger partial charge in [0.15, 0.2) is 12.1 Å². The van der Waals surface area contributed by atoms with Gasteiger partial charge in [0.2, 0.25) is 0 Å². The van der Waals surface area contributed by atoms with Crippen molar-refractivity contribution in [3.63, 3.8) is 0 Å². The average molecular weight is 297 g/mol. The van der Waals surface area contributed by atoms with Crippen molar-refractivity contribution in [1.82, 2.24) is 5.32 Å². The van der Waals surface area contributed by atoms with E-state index in [1.807, 2.05) is 32.0 Å². The summed E-state index contributed by atoms with van der Waals surface area (Å²) in [7, 11) is 0. The zero-order valence-corrected chi connectivity index (χ0v) is 12.3. The number of alkyl halides is 1. The van der Waals surface area contributed by atoms with Crippen LogP contribution in [0.1, 0.15) is 32.3 Å². The van der Waals surface area contributed by atoms with Gasteiger partial charge >= 0.3 is 5.97 Å². The van der Waals surface area contributed by atoms with Crippen molar-refractivity contribution in [1.29, 1.82) is 0 Å². The fraction of sp³-hybridized carbons (Fsp3) is 0.467. The molecule has 0 saturated heterocycles. The Labute approximate surface area is 123 Å². The van der Waals surface area contributed by atoms with E-state index in [-0.39, 0.29) is 0 Å². The maximum absolute atomic E-state index is 12.5. The van der Waals surface area contributed by atoms with Gasteiger partial charge in [-0.3, -0.25) is 4.79 Å². The fourth-order valence-electron chi connectivity index (χ4n) is 1.66. The van der Waals surface area contributed by atoms with Gasteiger partial charge in [0, 0.05) is 0 Å². The Morgan fingerprint density at radius 3 is 2.52 bits per heavy atom. The molecule has 0 heterocycles. The summed E-state index contributed by atoms with van der Waals surface area (Å²) in [5.74, 6) is -1.26. The zero-order valence-electron chi connectivity index (χ0n) is 12.3. The third-order valence-corrected chi connectivity index (χ3v) is 2.98. The Bertz CT molecular complexity index is 504. The number of amides is 1. The van der Waals surface area contributed by atoms with Crippen molar-refractivity contribution in [2.24, 2.45) is 0 Å². The standard InChI is InChI=1S/C15H20FNO4/c1-9(2)11-5-4-6-12(7-11)21-10(3)14(18)17-13(8-16)15(19)20/h4-7,9-10,13H,8H2,1-3H3,(H,17,18)(H,19,20). The minimum Gasteiger partial charge on any atom is -0.481 e. The number of rotatable bonds is 7. The Morgan fingerprint density at radius 1 is 1.33 bits per heavy atom. The van der Waals surface area contributed by atoms with Crippen LogP contribution in [0.2, 0.25) is 0 Å². The summed E-state index contributed by atoms with van der Waals surface area (Å²) in [6.45, 7) is 4.38. The van der Waals surface area contributed by atoms with Crippen LogP contribution in [0, 0.1) is 0 Å². The van der Waals surface area contributed by atoms with E-state index in [1.54, 1.807) is 6.07 Å². The Balaban J connectivity index is 2.67. The number of nitrogens with one attached hydrogen (secondary N) is 1. The summed E-state index contributed by atoms with van der Waals surface area (Å²) in [6.07, 6.45) is -0.916. The second-order valence-electron chi connectivity index (χ2n) is 5.04. The van der Waals surface area contributed by atoms with Gasteiger partial charge in [-0.1, -0.05) is 26.0 Å². The number of hydrogen-bond acceptors (Lipinski definition) is 3. The molecule has 21 heavy (non-hydrogen) atoms. The third kappa shape index (κ3) is 5.06. The van der Waals surface area contributed by atoms with Crippen LogP contribution in [0.3, 0.4) is 0 Å². The quantitative estimate of drug-likeness (QED) is 0.808. The van der Waals surface area contributed by atoms with Gasteiger partial charge in [-0.25, -0.2) is 9.18 Å². The maximum Gasteiger partial charge on any atom is 0.328 e. The molecule has 0 aliphatic rings. The van der Waals surface area contributed by atoms with E-state index in [4.69, 9.17) is 9.84 Å². The SMILES string of the molecule is CC(Oc1cccc(C(C)C)c1)C(=O)NC(CF)C(=O)O. The number of carboxylic acid groups (broad SMARTS) is 1. The summed E-state index contributed by atoms with van der Waals surface area (Å²) >= 11 is 0. The largest absolute Gasteiger partial charge is 0.481 e. The molecule has 0 aromatic heterocycles. The Hall–Kier alpha value is -2.11. The fourth-order valence-corrected chi connectivity index (χ4v) is 1.66. The lowest BCUT2D eigenvalue weighted by Crippen LogP contribution is -2.47. The van der Waals surface area contributed by atoms with E-state index >= 15 is 0 Å². The van der Waals surface area contributed by atoms with Crippen molar-refractivity contribution >= 4 is 11.9 Å². The van der Waals surface area contributed by atoms with E-state index in [0.29, 0.717) is 11.7 Å². The van der Waals surface area contributed by atoms with E-state index in [1.165, 1.54) is 6.92 Å². The minimum atomic E-state index is -1.55. The molecule has 6 heteroatoms. The first kappa shape index (κ1) is 16.9. The van der Waals surface area contributed by atoms with Crippen LogP contribution in [-0.2, 0) is 9.59 Å². The lowest BCUT2D eigenvalue weighted by Gasteiger charge is -2.18. The van der Waals surface area contributed by atoms with Gasteiger partial charge in [0.1, 0.15) is 12.4 Å². The topological polar surface area (TPSA) is 75.6 Å². The third-order valence-electron chi connectivity index (χ3n) is 2.98. The van der Waals surface area contributed by atoms with E-state index in [2.05, 4.69) is 5.32 Å². The maximum atomic E-state index is 12.5. The summed E-state index contributed by atoms with van der Waals surface area (Å²) < 4.78 is 17.9.